The molecule has 0 atom stereocenters. The molecule has 0 fully saturated rings. The Morgan fingerprint density at radius 1 is 0.730 bits per heavy atom. The molecule has 6 rings (SSSR count). The SMILES string of the molecule is CC.CCC.CCc1c(-c2ccccc2C)ccc2c1C(C)(C)c1c-2c2c(c3ccccc13)C=CCC2. The molecule has 0 aromatic heterocycles. The van der Waals surface area contributed by atoms with E-state index in [1.54, 1.807) is 11.1 Å². The summed E-state index contributed by atoms with van der Waals surface area (Å²) in [5.74, 6) is 0. The number of rotatable bonds is 2. The summed E-state index contributed by atoms with van der Waals surface area (Å²) in [7, 11) is 0. The second-order valence-electron chi connectivity index (χ2n) is 10.6. The van der Waals surface area contributed by atoms with Crippen molar-refractivity contribution in [1.29, 1.82) is 0 Å². The lowest BCUT2D eigenvalue weighted by molar-refractivity contribution is 0.657. The lowest BCUT2D eigenvalue weighted by Gasteiger charge is -2.28. The van der Waals surface area contributed by atoms with E-state index >= 15 is 0 Å². The Hall–Kier alpha value is -3.12. The predicted molar refractivity (Wildman–Crippen MR) is 166 cm³/mol. The van der Waals surface area contributed by atoms with Crippen LogP contribution < -0.4 is 0 Å². The fourth-order valence-electron chi connectivity index (χ4n) is 6.53. The van der Waals surface area contributed by atoms with Gasteiger partial charge in [-0.05, 0) is 92.6 Å². The van der Waals surface area contributed by atoms with Gasteiger partial charge in [0, 0.05) is 5.41 Å². The van der Waals surface area contributed by atoms with Crippen LogP contribution in [0, 0.1) is 6.92 Å². The minimum Gasteiger partial charge on any atom is -0.0836 e. The zero-order valence-corrected chi connectivity index (χ0v) is 24.3. The van der Waals surface area contributed by atoms with Crippen LogP contribution in [0.1, 0.15) is 94.7 Å². The summed E-state index contributed by atoms with van der Waals surface area (Å²) in [4.78, 5) is 0. The molecule has 4 aromatic carbocycles. The predicted octanol–water partition coefficient (Wildman–Crippen LogP) is 11.1. The van der Waals surface area contributed by atoms with Gasteiger partial charge in [-0.3, -0.25) is 0 Å². The molecule has 0 saturated carbocycles. The number of hydrogen-bond acceptors (Lipinski definition) is 0. The highest BCUT2D eigenvalue weighted by Gasteiger charge is 2.41. The van der Waals surface area contributed by atoms with Crippen molar-refractivity contribution in [3.63, 3.8) is 0 Å². The first kappa shape index (κ1) is 26.9. The fraction of sp³-hybridized carbons (Fsp3) is 0.351. The molecule has 0 heterocycles. The standard InChI is InChI=1S/C32H30.C3H8.C2H6/c1-5-21-25(22-13-7-6-12-20(22)2)18-19-28-29-26-16-10-8-14-23(26)24-15-9-11-17-27(24)31(29)32(3,4)30(21)28;1-3-2;1-2/h6-9,11-15,17-19H,5,10,16H2,1-4H3;3H2,1-2H3;1-2H3. The minimum absolute atomic E-state index is 0.0233. The summed E-state index contributed by atoms with van der Waals surface area (Å²) in [5, 5.41) is 2.84. The molecule has 0 radical (unpaired) electrons. The summed E-state index contributed by atoms with van der Waals surface area (Å²) in [6.45, 7) is 17.7. The van der Waals surface area contributed by atoms with Crippen molar-refractivity contribution in [2.24, 2.45) is 0 Å². The van der Waals surface area contributed by atoms with Gasteiger partial charge in [0.05, 0.1) is 0 Å². The maximum absolute atomic E-state index is 2.45. The van der Waals surface area contributed by atoms with Crippen LogP contribution in [0.2, 0.25) is 0 Å². The van der Waals surface area contributed by atoms with Gasteiger partial charge in [0.2, 0.25) is 0 Å². The summed E-state index contributed by atoms with van der Waals surface area (Å²) >= 11 is 0. The summed E-state index contributed by atoms with van der Waals surface area (Å²) in [6.07, 6.45) is 9.28. The molecule has 192 valence electrons. The van der Waals surface area contributed by atoms with Crippen LogP contribution in [-0.4, -0.2) is 0 Å². The van der Waals surface area contributed by atoms with E-state index in [0.717, 1.165) is 19.3 Å². The number of allylic oxidation sites excluding steroid dienone is 1. The summed E-state index contributed by atoms with van der Waals surface area (Å²) in [5.41, 5.74) is 14.7. The molecule has 2 aliphatic carbocycles. The van der Waals surface area contributed by atoms with Crippen LogP contribution in [-0.2, 0) is 18.3 Å². The van der Waals surface area contributed by atoms with Crippen LogP contribution >= 0.6 is 0 Å². The average Bonchev–Trinajstić information content (AvgIpc) is 3.17. The van der Waals surface area contributed by atoms with Gasteiger partial charge in [-0.25, -0.2) is 0 Å². The highest BCUT2D eigenvalue weighted by molar-refractivity contribution is 6.05. The Morgan fingerprint density at radius 2 is 1.35 bits per heavy atom. The maximum atomic E-state index is 2.45. The lowest BCUT2D eigenvalue weighted by atomic mass is 9.75. The monoisotopic (exact) mass is 488 g/mol. The van der Waals surface area contributed by atoms with Crippen molar-refractivity contribution in [3.8, 4) is 22.3 Å². The third-order valence-corrected chi connectivity index (χ3v) is 7.83. The third kappa shape index (κ3) is 4.35. The van der Waals surface area contributed by atoms with Gasteiger partial charge in [0.15, 0.2) is 0 Å². The van der Waals surface area contributed by atoms with Crippen molar-refractivity contribution in [2.75, 3.05) is 0 Å². The Labute approximate surface area is 225 Å². The molecular formula is C37H44. The van der Waals surface area contributed by atoms with Crippen molar-refractivity contribution in [1.82, 2.24) is 0 Å². The highest BCUT2D eigenvalue weighted by Crippen LogP contribution is 2.56. The van der Waals surface area contributed by atoms with Gasteiger partial charge < -0.3 is 0 Å². The first-order valence-corrected chi connectivity index (χ1v) is 14.4. The normalized spacial score (nSPS) is 14.1. The molecular weight excluding hydrogens is 444 g/mol. The molecule has 0 aliphatic heterocycles. The van der Waals surface area contributed by atoms with E-state index in [0.29, 0.717) is 0 Å². The van der Waals surface area contributed by atoms with Crippen molar-refractivity contribution in [2.45, 2.75) is 86.5 Å². The van der Waals surface area contributed by atoms with Gasteiger partial charge in [0.25, 0.3) is 0 Å². The zero-order valence-electron chi connectivity index (χ0n) is 24.3. The number of aryl methyl sites for hydroxylation is 1. The van der Waals surface area contributed by atoms with Crippen LogP contribution in [0.5, 0.6) is 0 Å². The van der Waals surface area contributed by atoms with E-state index in [1.807, 2.05) is 13.8 Å². The largest absolute Gasteiger partial charge is 0.0836 e. The van der Waals surface area contributed by atoms with E-state index in [4.69, 9.17) is 0 Å². The maximum Gasteiger partial charge on any atom is 0.0168 e. The number of benzene rings is 4. The first-order chi connectivity index (χ1) is 18.0. The Bertz CT molecular complexity index is 1450. The van der Waals surface area contributed by atoms with Gasteiger partial charge in [-0.1, -0.05) is 128 Å². The van der Waals surface area contributed by atoms with Crippen molar-refractivity contribution >= 4 is 16.8 Å². The van der Waals surface area contributed by atoms with Crippen molar-refractivity contribution in [3.05, 3.63) is 100 Å². The molecule has 4 aromatic rings. The molecule has 0 heteroatoms. The van der Waals surface area contributed by atoms with Crippen LogP contribution in [0.15, 0.2) is 66.7 Å². The molecule has 0 spiro atoms. The molecule has 0 amide bonds. The fourth-order valence-corrected chi connectivity index (χ4v) is 6.53. The quantitative estimate of drug-likeness (QED) is 0.263. The molecule has 0 N–H and O–H groups in total. The molecule has 2 aliphatic rings. The van der Waals surface area contributed by atoms with E-state index in [-0.39, 0.29) is 5.41 Å². The molecule has 0 nitrogen and oxygen atoms in total. The zero-order chi connectivity index (χ0) is 26.7. The minimum atomic E-state index is -0.0233. The van der Waals surface area contributed by atoms with Gasteiger partial charge in [-0.15, -0.1) is 0 Å². The van der Waals surface area contributed by atoms with Gasteiger partial charge >= 0.3 is 0 Å². The smallest absolute Gasteiger partial charge is 0.0168 e. The average molecular weight is 489 g/mol. The number of fused-ring (bicyclic) bond motifs is 8. The topological polar surface area (TPSA) is 0 Å². The Kier molecular flexibility index (Phi) is 8.08. The third-order valence-electron chi connectivity index (χ3n) is 7.83. The Morgan fingerprint density at radius 3 is 2.03 bits per heavy atom. The molecule has 37 heavy (non-hydrogen) atoms. The Balaban J connectivity index is 0.000000599. The lowest BCUT2D eigenvalue weighted by Crippen LogP contribution is -2.18. The van der Waals surface area contributed by atoms with E-state index < -0.39 is 0 Å². The summed E-state index contributed by atoms with van der Waals surface area (Å²) in [6, 6.07) is 22.7. The molecule has 0 unspecified atom stereocenters. The van der Waals surface area contributed by atoms with Crippen LogP contribution in [0.25, 0.3) is 39.1 Å². The second-order valence-corrected chi connectivity index (χ2v) is 10.6. The van der Waals surface area contributed by atoms with Crippen molar-refractivity contribution < 1.29 is 0 Å². The van der Waals surface area contributed by atoms with E-state index in [1.165, 1.54) is 61.7 Å². The molecule has 0 bridgehead atoms. The number of hydrogen-bond donors (Lipinski definition) is 0. The molecule has 0 saturated heterocycles. The van der Waals surface area contributed by atoms with E-state index in [2.05, 4.69) is 114 Å². The highest BCUT2D eigenvalue weighted by atomic mass is 14.4. The first-order valence-electron chi connectivity index (χ1n) is 14.4. The van der Waals surface area contributed by atoms with Crippen LogP contribution in [0.4, 0.5) is 0 Å². The van der Waals surface area contributed by atoms with Gasteiger partial charge in [0.1, 0.15) is 0 Å². The second kappa shape index (κ2) is 11.1. The van der Waals surface area contributed by atoms with Gasteiger partial charge in [-0.2, -0.15) is 0 Å². The van der Waals surface area contributed by atoms with E-state index in [9.17, 15) is 0 Å². The van der Waals surface area contributed by atoms with Crippen LogP contribution in [0.3, 0.4) is 0 Å². The summed E-state index contributed by atoms with van der Waals surface area (Å²) < 4.78 is 0.